The highest BCUT2D eigenvalue weighted by Gasteiger charge is 2.57. The lowest BCUT2D eigenvalue weighted by Crippen LogP contribution is -2.49. The predicted octanol–water partition coefficient (Wildman–Crippen LogP) is 8.84. The molecular weight excluding hydrogens is 1050 g/mol. The summed E-state index contributed by atoms with van der Waals surface area (Å²) in [7, 11) is -15.5. The molecule has 10 atom stereocenters. The number of nitrogens with one attached hydrogen (secondary N) is 2. The summed E-state index contributed by atoms with van der Waals surface area (Å²) in [5.41, 5.74) is 0.491. The number of Topliss-reactive ketones (excluding diaryl/α,β-unsaturated/α-hetero) is 1. The van der Waals surface area contributed by atoms with Crippen LogP contribution in [0.4, 0.5) is 5.82 Å². The number of amides is 1. The minimum atomic E-state index is -5.07. The van der Waals surface area contributed by atoms with Crippen LogP contribution in [0.25, 0.3) is 27.2 Å². The number of nitrogens with zero attached hydrogens (tertiary/aromatic N) is 8. The smallest absolute Gasteiger partial charge is 0.411 e. The van der Waals surface area contributed by atoms with Crippen LogP contribution in [0.2, 0.25) is 36.3 Å². The molecule has 2 bridgehead atoms. The number of benzene rings is 1. The van der Waals surface area contributed by atoms with Crippen LogP contribution in [0.5, 0.6) is 0 Å². The van der Waals surface area contributed by atoms with Crippen molar-refractivity contribution in [3.05, 3.63) is 82.5 Å². The van der Waals surface area contributed by atoms with Crippen LogP contribution in [0, 0.1) is 24.3 Å². The first kappa shape index (κ1) is 57.5. The zero-order valence-electron chi connectivity index (χ0n) is 45.1. The van der Waals surface area contributed by atoms with Gasteiger partial charge in [0.25, 0.3) is 11.5 Å². The van der Waals surface area contributed by atoms with E-state index in [9.17, 15) is 23.8 Å². The van der Waals surface area contributed by atoms with Gasteiger partial charge in [-0.15, -0.1) is 0 Å². The van der Waals surface area contributed by atoms with Gasteiger partial charge in [0.2, 0.25) is 6.54 Å². The Labute approximate surface area is 443 Å². The predicted molar refractivity (Wildman–Crippen MR) is 286 cm³/mol. The topological polar surface area (TPSA) is 277 Å². The van der Waals surface area contributed by atoms with Crippen molar-refractivity contribution in [3.63, 3.8) is 0 Å². The van der Waals surface area contributed by atoms with E-state index in [-0.39, 0.29) is 82.5 Å². The quantitative estimate of drug-likeness (QED) is 0.0405. The van der Waals surface area contributed by atoms with Crippen LogP contribution in [0.1, 0.15) is 96.5 Å². The zero-order valence-corrected chi connectivity index (χ0v) is 48.9. The highest BCUT2D eigenvalue weighted by molar-refractivity contribution is 7.48. The van der Waals surface area contributed by atoms with Gasteiger partial charge < -0.3 is 38.0 Å². The van der Waals surface area contributed by atoms with Crippen molar-refractivity contribution in [1.82, 2.24) is 39.0 Å². The molecule has 1 saturated heterocycles. The number of aromatic nitrogens is 8. The standard InChI is InChI=1S/C49H70N10O13P2Si2/c1-29(2)35(60)23-36-55-45-38(47(62)56-36)54-28-59(45)33-22-32-24-67-73(63,64)69-39-31(25-68-74(65,66-20-19-50-9)70-41(33)40(32)71-75(10,11)48(3,4)5)21-34(42(39)72-76(12,13)49(6,7)8)58-27-53-37-43(51-26-52-44(37)58)57-46(61)30-17-15-14-16-18-30/h14-18,26-29,31-34,39-42H,19-25H2,1-8,10-13H3,(H,63,64)(H,55,56,62)(H,51,52,57,61)/t31-,32-,33-,34-,39-,40-,41+,42+,74?/m1/s1. The Kier molecular flexibility index (Phi) is 16.5. The van der Waals surface area contributed by atoms with Gasteiger partial charge in [-0.05, 0) is 61.2 Å². The molecule has 3 N–H and O–H groups in total. The number of fused-ring (bicyclic) bond motifs is 5. The maximum Gasteiger partial charge on any atom is 0.475 e. The van der Waals surface area contributed by atoms with E-state index in [1.54, 1.807) is 53.3 Å². The van der Waals surface area contributed by atoms with Crippen LogP contribution < -0.4 is 10.9 Å². The van der Waals surface area contributed by atoms with Crippen molar-refractivity contribution in [2.45, 2.75) is 147 Å². The number of H-pyrrole nitrogens is 1. The fourth-order valence-corrected chi connectivity index (χ4v) is 14.4. The number of ketones is 1. The number of hydrogen-bond acceptors (Lipinski definition) is 17. The molecule has 23 nitrogen and oxygen atoms in total. The fourth-order valence-electron chi connectivity index (χ4n) is 9.25. The Balaban J connectivity index is 1.23. The molecular formula is C49H70N10O13P2Si2. The van der Waals surface area contributed by atoms with Crippen molar-refractivity contribution in [3.8, 4) is 0 Å². The molecule has 1 aliphatic heterocycles. The van der Waals surface area contributed by atoms with Crippen molar-refractivity contribution in [2.24, 2.45) is 17.8 Å². The molecule has 27 heteroatoms. The summed E-state index contributed by atoms with van der Waals surface area (Å²) in [6.45, 7) is 30.1. The number of carbonyl (C=O) groups is 2. The van der Waals surface area contributed by atoms with E-state index in [2.05, 4.69) is 55.9 Å². The SMILES string of the molecule is [C-]#[N+]CCOP1(=O)OC[C@H]2C[C@@H](n3cnc4c(NC(=O)c5ccccc5)ncnc43)[C@H](O[Si](C)(C)C(C)(C)C)[C@@H]2OP(=O)(O)OC[C@H]2C[C@@H](n3cnc4c(=O)[nH]c(CC(=O)C(C)C)nc43)[C@H](O1)[C@@H]2O[Si](C)(C)C(C)(C)C. The highest BCUT2D eigenvalue weighted by atomic mass is 31.2. The van der Waals surface area contributed by atoms with Gasteiger partial charge in [0.05, 0.1) is 56.6 Å². The molecule has 2 unspecified atom stereocenters. The molecule has 5 heterocycles. The molecule has 4 aromatic heterocycles. The third kappa shape index (κ3) is 12.1. The number of rotatable bonds is 14. The van der Waals surface area contributed by atoms with Crippen LogP contribution in [0.15, 0.2) is 54.1 Å². The third-order valence-electron chi connectivity index (χ3n) is 15.6. The molecule has 412 valence electrons. The Morgan fingerprint density at radius 1 is 0.855 bits per heavy atom. The van der Waals surface area contributed by atoms with Gasteiger partial charge >= 0.3 is 15.6 Å². The maximum absolute atomic E-state index is 15.7. The van der Waals surface area contributed by atoms with E-state index in [0.717, 1.165) is 0 Å². The van der Waals surface area contributed by atoms with E-state index in [4.69, 9.17) is 43.0 Å². The van der Waals surface area contributed by atoms with Gasteiger partial charge in [-0.1, -0.05) is 73.6 Å². The monoisotopic (exact) mass is 1120 g/mol. The lowest BCUT2D eigenvalue weighted by molar-refractivity contribution is -0.121. The minimum Gasteiger partial charge on any atom is -0.411 e. The number of hydrogen-bond donors (Lipinski definition) is 3. The summed E-state index contributed by atoms with van der Waals surface area (Å²) < 4.78 is 79.8. The van der Waals surface area contributed by atoms with E-state index >= 15 is 4.57 Å². The molecule has 3 aliphatic rings. The molecule has 2 aliphatic carbocycles. The summed E-state index contributed by atoms with van der Waals surface area (Å²) in [6, 6.07) is 7.01. The second kappa shape index (κ2) is 21.9. The van der Waals surface area contributed by atoms with E-state index in [1.165, 1.54) is 19.0 Å². The average Bonchev–Trinajstić information content (AvgIpc) is 4.12. The van der Waals surface area contributed by atoms with Crippen molar-refractivity contribution < 1.29 is 55.1 Å². The van der Waals surface area contributed by atoms with Gasteiger partial charge in [0.15, 0.2) is 44.8 Å². The first-order valence-corrected chi connectivity index (χ1v) is 34.2. The zero-order chi connectivity index (χ0) is 55.3. The van der Waals surface area contributed by atoms with Gasteiger partial charge in [-0.3, -0.25) is 37.0 Å². The van der Waals surface area contributed by atoms with Gasteiger partial charge in [0.1, 0.15) is 36.7 Å². The first-order chi connectivity index (χ1) is 35.5. The Morgan fingerprint density at radius 2 is 1.47 bits per heavy atom. The minimum absolute atomic E-state index is 0.0296. The van der Waals surface area contributed by atoms with Crippen LogP contribution in [-0.2, 0) is 51.8 Å². The van der Waals surface area contributed by atoms with Gasteiger partial charge in [-0.2, -0.15) is 0 Å². The Morgan fingerprint density at radius 3 is 2.12 bits per heavy atom. The van der Waals surface area contributed by atoms with Crippen LogP contribution >= 0.6 is 15.6 Å². The molecule has 76 heavy (non-hydrogen) atoms. The van der Waals surface area contributed by atoms with Crippen molar-refractivity contribution in [1.29, 1.82) is 0 Å². The number of aromatic amines is 1. The van der Waals surface area contributed by atoms with Crippen LogP contribution in [0.3, 0.4) is 0 Å². The lowest BCUT2D eigenvalue weighted by atomic mass is 10.1. The number of phosphoric ester groups is 2. The summed E-state index contributed by atoms with van der Waals surface area (Å²) in [5, 5.41) is 2.10. The Hall–Kier alpha value is -4.68. The summed E-state index contributed by atoms with van der Waals surface area (Å²) in [5.74, 6) is -2.28. The number of imidazole rings is 2. The highest BCUT2D eigenvalue weighted by Crippen LogP contribution is 2.60. The Bertz CT molecular complexity index is 3150. The molecule has 0 spiro atoms. The summed E-state index contributed by atoms with van der Waals surface area (Å²) in [4.78, 5) is 80.7. The lowest BCUT2D eigenvalue weighted by Gasteiger charge is -2.41. The second-order valence-corrected chi connectivity index (χ2v) is 35.7. The molecule has 0 radical (unpaired) electrons. The number of anilines is 1. The van der Waals surface area contributed by atoms with E-state index in [0.29, 0.717) is 11.2 Å². The summed E-state index contributed by atoms with van der Waals surface area (Å²) >= 11 is 0. The average molecular weight is 1130 g/mol. The van der Waals surface area contributed by atoms with Crippen molar-refractivity contribution in [2.75, 3.05) is 31.7 Å². The molecule has 1 amide bonds. The molecule has 3 fully saturated rings. The summed E-state index contributed by atoms with van der Waals surface area (Å²) in [6.07, 6.45) is -0.221. The molecule has 2 saturated carbocycles. The normalized spacial score (nSPS) is 27.9. The van der Waals surface area contributed by atoms with Gasteiger partial charge in [-0.25, -0.2) is 40.6 Å². The van der Waals surface area contributed by atoms with Gasteiger partial charge in [0, 0.05) is 23.3 Å². The molecule has 8 rings (SSSR count). The van der Waals surface area contributed by atoms with E-state index < -0.39 is 105 Å². The molecule has 5 aromatic rings. The maximum atomic E-state index is 15.7. The van der Waals surface area contributed by atoms with E-state index in [1.807, 2.05) is 47.0 Å². The second-order valence-electron chi connectivity index (χ2n) is 23.2. The van der Waals surface area contributed by atoms with Crippen LogP contribution in [-0.4, -0.2) is 123 Å². The first-order valence-electron chi connectivity index (χ1n) is 25.5. The fraction of sp³-hybridized carbons (Fsp3) is 0.612. The largest absolute Gasteiger partial charge is 0.475 e. The van der Waals surface area contributed by atoms with Crippen molar-refractivity contribution >= 4 is 72.1 Å². The molecule has 1 aromatic carbocycles. The third-order valence-corrected chi connectivity index (χ3v) is 27.0. The number of phosphoric acid groups is 2. The number of carbonyl (C=O) groups excluding carboxylic acids is 2.